The number of nitrogens with one attached hydrogen (secondary N) is 2. The summed E-state index contributed by atoms with van der Waals surface area (Å²) < 4.78 is 0. The van der Waals surface area contributed by atoms with E-state index in [2.05, 4.69) is 10.6 Å². The number of carbonyl (C=O) groups excluding carboxylic acids is 1. The first-order valence-electron chi connectivity index (χ1n) is 3.98. The molecular formula is C7H15N3O3. The molecule has 0 fully saturated rings. The minimum atomic E-state index is -1.06. The minimum absolute atomic E-state index is 0.187. The summed E-state index contributed by atoms with van der Waals surface area (Å²) in [6.07, 6.45) is 0. The molecule has 0 saturated heterocycles. The normalized spacial score (nSPS) is 12.2. The van der Waals surface area contributed by atoms with Crippen LogP contribution in [0.25, 0.3) is 0 Å². The van der Waals surface area contributed by atoms with Crippen molar-refractivity contribution in [3.63, 3.8) is 0 Å². The van der Waals surface area contributed by atoms with Crippen LogP contribution in [0.3, 0.4) is 0 Å². The van der Waals surface area contributed by atoms with Crippen LogP contribution in [0.1, 0.15) is 6.92 Å². The minimum Gasteiger partial charge on any atom is -0.480 e. The van der Waals surface area contributed by atoms with E-state index in [4.69, 9.17) is 10.8 Å². The first kappa shape index (κ1) is 11.9. The van der Waals surface area contributed by atoms with Gasteiger partial charge in [0, 0.05) is 26.6 Å². The van der Waals surface area contributed by atoms with Crippen molar-refractivity contribution < 1.29 is 14.7 Å². The maximum Gasteiger partial charge on any atom is 0.327 e. The van der Waals surface area contributed by atoms with Gasteiger partial charge in [0.15, 0.2) is 0 Å². The van der Waals surface area contributed by atoms with Crippen LogP contribution in [0.4, 0.5) is 0 Å². The third-order valence-electron chi connectivity index (χ3n) is 1.35. The second kappa shape index (κ2) is 6.38. The SMILES string of the molecule is CC(=O)NC(CNCCN)C(=O)O. The summed E-state index contributed by atoms with van der Waals surface area (Å²) >= 11 is 0. The van der Waals surface area contributed by atoms with Crippen LogP contribution in [-0.4, -0.2) is 42.7 Å². The number of hydrogen-bond acceptors (Lipinski definition) is 4. The van der Waals surface area contributed by atoms with Crippen LogP contribution in [0.2, 0.25) is 0 Å². The number of aliphatic carboxylic acids is 1. The molecule has 0 heterocycles. The Hall–Kier alpha value is -1.14. The molecule has 0 aromatic heterocycles. The zero-order valence-corrected chi connectivity index (χ0v) is 7.54. The van der Waals surface area contributed by atoms with Crippen molar-refractivity contribution >= 4 is 11.9 Å². The van der Waals surface area contributed by atoms with E-state index in [1.807, 2.05) is 0 Å². The molecule has 5 N–H and O–H groups in total. The lowest BCUT2D eigenvalue weighted by molar-refractivity contribution is -0.141. The Morgan fingerprint density at radius 3 is 2.54 bits per heavy atom. The maximum atomic E-state index is 10.6. The molecule has 6 nitrogen and oxygen atoms in total. The van der Waals surface area contributed by atoms with Gasteiger partial charge in [0.2, 0.25) is 5.91 Å². The van der Waals surface area contributed by atoms with Gasteiger partial charge in [0.1, 0.15) is 6.04 Å². The van der Waals surface area contributed by atoms with E-state index in [1.165, 1.54) is 6.92 Å². The van der Waals surface area contributed by atoms with Gasteiger partial charge in [-0.15, -0.1) is 0 Å². The molecule has 13 heavy (non-hydrogen) atoms. The van der Waals surface area contributed by atoms with Crippen molar-refractivity contribution in [3.8, 4) is 0 Å². The van der Waals surface area contributed by atoms with E-state index in [9.17, 15) is 9.59 Å². The summed E-state index contributed by atoms with van der Waals surface area (Å²) in [7, 11) is 0. The summed E-state index contributed by atoms with van der Waals surface area (Å²) in [4.78, 5) is 21.1. The number of nitrogens with two attached hydrogens (primary N) is 1. The zero-order valence-electron chi connectivity index (χ0n) is 7.54. The molecule has 1 amide bonds. The number of hydrogen-bond donors (Lipinski definition) is 4. The van der Waals surface area contributed by atoms with Crippen molar-refractivity contribution in [1.82, 2.24) is 10.6 Å². The van der Waals surface area contributed by atoms with Crippen LogP contribution in [-0.2, 0) is 9.59 Å². The highest BCUT2D eigenvalue weighted by molar-refractivity contribution is 5.82. The number of carbonyl (C=O) groups is 2. The Bertz CT molecular complexity index is 184. The summed E-state index contributed by atoms with van der Waals surface area (Å²) in [6.45, 7) is 2.43. The monoisotopic (exact) mass is 189 g/mol. The van der Waals surface area contributed by atoms with Gasteiger partial charge in [-0.05, 0) is 0 Å². The quantitative estimate of drug-likeness (QED) is 0.366. The predicted molar refractivity (Wildman–Crippen MR) is 47.2 cm³/mol. The van der Waals surface area contributed by atoms with Crippen molar-refractivity contribution in [2.24, 2.45) is 5.73 Å². The molecule has 0 bridgehead atoms. The van der Waals surface area contributed by atoms with Gasteiger partial charge in [-0.1, -0.05) is 0 Å². The molecule has 0 aromatic rings. The molecule has 0 saturated carbocycles. The lowest BCUT2D eigenvalue weighted by atomic mass is 10.3. The van der Waals surface area contributed by atoms with E-state index in [-0.39, 0.29) is 12.5 Å². The van der Waals surface area contributed by atoms with E-state index in [0.29, 0.717) is 13.1 Å². The van der Waals surface area contributed by atoms with E-state index >= 15 is 0 Å². The fraction of sp³-hybridized carbons (Fsp3) is 0.714. The van der Waals surface area contributed by atoms with Crippen molar-refractivity contribution in [1.29, 1.82) is 0 Å². The molecule has 1 unspecified atom stereocenters. The number of carboxylic acids is 1. The number of rotatable bonds is 6. The van der Waals surface area contributed by atoms with E-state index in [0.717, 1.165) is 0 Å². The van der Waals surface area contributed by atoms with Gasteiger partial charge in [-0.2, -0.15) is 0 Å². The number of amides is 1. The topological polar surface area (TPSA) is 104 Å². The summed E-state index contributed by atoms with van der Waals surface area (Å²) in [6, 6.07) is -0.885. The van der Waals surface area contributed by atoms with Gasteiger partial charge < -0.3 is 21.5 Å². The van der Waals surface area contributed by atoms with E-state index in [1.54, 1.807) is 0 Å². The molecule has 0 spiro atoms. The molecule has 76 valence electrons. The number of carboxylic acid groups (broad SMARTS) is 1. The summed E-state index contributed by atoms with van der Waals surface area (Å²) in [5.41, 5.74) is 5.19. The average Bonchev–Trinajstić information content (AvgIpc) is 2.02. The maximum absolute atomic E-state index is 10.6. The van der Waals surface area contributed by atoms with Crippen LogP contribution >= 0.6 is 0 Å². The third-order valence-corrected chi connectivity index (χ3v) is 1.35. The molecule has 0 aromatic carbocycles. The molecule has 0 radical (unpaired) electrons. The molecule has 0 aliphatic rings. The Labute approximate surface area is 76.5 Å². The van der Waals surface area contributed by atoms with Gasteiger partial charge in [0.25, 0.3) is 0 Å². The van der Waals surface area contributed by atoms with Crippen LogP contribution < -0.4 is 16.4 Å². The molecule has 0 rings (SSSR count). The van der Waals surface area contributed by atoms with Gasteiger partial charge in [-0.25, -0.2) is 4.79 Å². The average molecular weight is 189 g/mol. The standard InChI is InChI=1S/C7H15N3O3/c1-5(11)10-6(7(12)13)4-9-3-2-8/h6,9H,2-4,8H2,1H3,(H,10,11)(H,12,13). The zero-order chi connectivity index (χ0) is 10.3. The van der Waals surface area contributed by atoms with Gasteiger partial charge in [-0.3, -0.25) is 4.79 Å². The van der Waals surface area contributed by atoms with E-state index < -0.39 is 12.0 Å². The van der Waals surface area contributed by atoms with Crippen LogP contribution in [0, 0.1) is 0 Å². The first-order chi connectivity index (χ1) is 6.07. The van der Waals surface area contributed by atoms with Crippen molar-refractivity contribution in [2.75, 3.05) is 19.6 Å². The Balaban J connectivity index is 3.81. The highest BCUT2D eigenvalue weighted by Gasteiger charge is 2.16. The third kappa shape index (κ3) is 6.06. The second-order valence-electron chi connectivity index (χ2n) is 2.58. The van der Waals surface area contributed by atoms with Crippen LogP contribution in [0.5, 0.6) is 0 Å². The Morgan fingerprint density at radius 1 is 1.54 bits per heavy atom. The van der Waals surface area contributed by atoms with Crippen LogP contribution in [0.15, 0.2) is 0 Å². The smallest absolute Gasteiger partial charge is 0.327 e. The largest absolute Gasteiger partial charge is 0.480 e. The van der Waals surface area contributed by atoms with Gasteiger partial charge in [0.05, 0.1) is 0 Å². The first-order valence-corrected chi connectivity index (χ1v) is 3.98. The van der Waals surface area contributed by atoms with Crippen molar-refractivity contribution in [3.05, 3.63) is 0 Å². The predicted octanol–water partition coefficient (Wildman–Crippen LogP) is -1.88. The molecule has 1 atom stereocenters. The lowest BCUT2D eigenvalue weighted by Gasteiger charge is -2.13. The fourth-order valence-corrected chi connectivity index (χ4v) is 0.794. The highest BCUT2D eigenvalue weighted by Crippen LogP contribution is 1.81. The lowest BCUT2D eigenvalue weighted by Crippen LogP contribution is -2.47. The Kier molecular flexibility index (Phi) is 5.82. The molecular weight excluding hydrogens is 174 g/mol. The molecule has 6 heteroatoms. The molecule has 0 aliphatic heterocycles. The summed E-state index contributed by atoms with van der Waals surface area (Å²) in [5, 5.41) is 13.7. The summed E-state index contributed by atoms with van der Waals surface area (Å²) in [5.74, 6) is -1.42. The van der Waals surface area contributed by atoms with Gasteiger partial charge >= 0.3 is 5.97 Å². The Morgan fingerprint density at radius 2 is 2.15 bits per heavy atom. The molecule has 0 aliphatic carbocycles. The highest BCUT2D eigenvalue weighted by atomic mass is 16.4. The second-order valence-corrected chi connectivity index (χ2v) is 2.58. The fourth-order valence-electron chi connectivity index (χ4n) is 0.794. The van der Waals surface area contributed by atoms with Crippen molar-refractivity contribution in [2.45, 2.75) is 13.0 Å².